The minimum absolute atomic E-state index is 0.00506. The molecule has 1 heterocycles. The molecule has 0 bridgehead atoms. The van der Waals surface area contributed by atoms with Crippen molar-refractivity contribution in [2.45, 2.75) is 12.8 Å². The highest BCUT2D eigenvalue weighted by molar-refractivity contribution is 5.97. The third-order valence-corrected chi connectivity index (χ3v) is 4.25. The standard InChI is InChI=1S/C18H22N4O3/c1-21(2)16-5-3-15(4-6-16)20-12-14(11-19)17(23)22-9-7-13(8-10-22)18(24)25/h3-6,12-13,20H,7-10H2,1-2H3,(H,24,25)/b14-12-. The summed E-state index contributed by atoms with van der Waals surface area (Å²) in [6.07, 6.45) is 2.23. The Morgan fingerprint density at radius 3 is 2.36 bits per heavy atom. The molecule has 132 valence electrons. The van der Waals surface area contributed by atoms with Gasteiger partial charge in [-0.25, -0.2) is 0 Å². The average molecular weight is 342 g/mol. The molecule has 0 aliphatic carbocycles. The third kappa shape index (κ3) is 4.73. The molecule has 0 spiro atoms. The smallest absolute Gasteiger partial charge is 0.306 e. The number of benzene rings is 1. The van der Waals surface area contributed by atoms with Gasteiger partial charge in [0.15, 0.2) is 0 Å². The lowest BCUT2D eigenvalue weighted by atomic mass is 9.97. The summed E-state index contributed by atoms with van der Waals surface area (Å²) in [7, 11) is 3.89. The number of amides is 1. The van der Waals surface area contributed by atoms with Crippen LogP contribution in [-0.2, 0) is 9.59 Å². The Morgan fingerprint density at radius 2 is 1.88 bits per heavy atom. The van der Waals surface area contributed by atoms with Crippen LogP contribution in [0.15, 0.2) is 36.0 Å². The van der Waals surface area contributed by atoms with E-state index in [0.29, 0.717) is 25.9 Å². The summed E-state index contributed by atoms with van der Waals surface area (Å²) in [6.45, 7) is 0.707. The molecule has 1 aliphatic rings. The van der Waals surface area contributed by atoms with Crippen molar-refractivity contribution in [1.82, 2.24) is 4.90 Å². The van der Waals surface area contributed by atoms with Gasteiger partial charge in [0.05, 0.1) is 5.92 Å². The highest BCUT2D eigenvalue weighted by Gasteiger charge is 2.28. The first-order chi connectivity index (χ1) is 11.9. The zero-order valence-electron chi connectivity index (χ0n) is 14.4. The van der Waals surface area contributed by atoms with Gasteiger partial charge in [-0.3, -0.25) is 9.59 Å². The van der Waals surface area contributed by atoms with E-state index >= 15 is 0 Å². The summed E-state index contributed by atoms with van der Waals surface area (Å²) in [5.74, 6) is -1.61. The number of nitrogens with zero attached hydrogens (tertiary/aromatic N) is 3. The van der Waals surface area contributed by atoms with Gasteiger partial charge in [-0.1, -0.05) is 0 Å². The molecule has 1 aromatic carbocycles. The molecular weight excluding hydrogens is 320 g/mol. The molecule has 0 atom stereocenters. The van der Waals surface area contributed by atoms with E-state index in [4.69, 9.17) is 5.11 Å². The van der Waals surface area contributed by atoms with Gasteiger partial charge in [-0.15, -0.1) is 0 Å². The Hall–Kier alpha value is -3.01. The lowest BCUT2D eigenvalue weighted by molar-refractivity contribution is -0.145. The lowest BCUT2D eigenvalue weighted by Gasteiger charge is -2.29. The van der Waals surface area contributed by atoms with Crippen LogP contribution >= 0.6 is 0 Å². The van der Waals surface area contributed by atoms with E-state index in [2.05, 4.69) is 5.32 Å². The molecule has 1 amide bonds. The van der Waals surface area contributed by atoms with Crippen molar-refractivity contribution in [3.05, 3.63) is 36.0 Å². The summed E-state index contributed by atoms with van der Waals surface area (Å²) in [4.78, 5) is 26.9. The molecule has 2 N–H and O–H groups in total. The summed E-state index contributed by atoms with van der Waals surface area (Å²) in [5, 5.41) is 21.2. The van der Waals surface area contributed by atoms with Crippen LogP contribution in [0, 0.1) is 17.2 Å². The molecule has 7 heteroatoms. The number of nitriles is 1. The van der Waals surface area contributed by atoms with Crippen molar-refractivity contribution in [2.24, 2.45) is 5.92 Å². The maximum Gasteiger partial charge on any atom is 0.306 e. The Bertz CT molecular complexity index is 696. The molecule has 1 fully saturated rings. The first-order valence-corrected chi connectivity index (χ1v) is 8.08. The second-order valence-corrected chi connectivity index (χ2v) is 6.16. The van der Waals surface area contributed by atoms with Crippen LogP contribution in [-0.4, -0.2) is 49.1 Å². The highest BCUT2D eigenvalue weighted by atomic mass is 16.4. The molecule has 1 saturated heterocycles. The van der Waals surface area contributed by atoms with E-state index in [1.165, 1.54) is 11.1 Å². The third-order valence-electron chi connectivity index (χ3n) is 4.25. The topological polar surface area (TPSA) is 96.7 Å². The van der Waals surface area contributed by atoms with Crippen LogP contribution in [0.2, 0.25) is 0 Å². The Labute approximate surface area is 147 Å². The zero-order chi connectivity index (χ0) is 18.4. The number of aliphatic carboxylic acids is 1. The van der Waals surface area contributed by atoms with E-state index < -0.39 is 11.9 Å². The molecule has 0 radical (unpaired) electrons. The molecule has 0 saturated carbocycles. The van der Waals surface area contributed by atoms with E-state index in [1.807, 2.05) is 49.3 Å². The molecule has 0 unspecified atom stereocenters. The van der Waals surface area contributed by atoms with Crippen LogP contribution in [0.1, 0.15) is 12.8 Å². The maximum absolute atomic E-state index is 12.4. The predicted molar refractivity (Wildman–Crippen MR) is 95.0 cm³/mol. The predicted octanol–water partition coefficient (Wildman–Crippen LogP) is 1.90. The fourth-order valence-corrected chi connectivity index (χ4v) is 2.65. The molecule has 7 nitrogen and oxygen atoms in total. The summed E-state index contributed by atoms with van der Waals surface area (Å²) >= 11 is 0. The average Bonchev–Trinajstić information content (AvgIpc) is 2.62. The Balaban J connectivity index is 1.99. The second-order valence-electron chi connectivity index (χ2n) is 6.16. The number of rotatable bonds is 5. The molecule has 1 aliphatic heterocycles. The van der Waals surface area contributed by atoms with Crippen LogP contribution in [0.5, 0.6) is 0 Å². The van der Waals surface area contributed by atoms with Gasteiger partial charge in [-0.2, -0.15) is 5.26 Å². The van der Waals surface area contributed by atoms with Crippen molar-refractivity contribution in [3.8, 4) is 6.07 Å². The van der Waals surface area contributed by atoms with E-state index in [9.17, 15) is 14.9 Å². The highest BCUT2D eigenvalue weighted by Crippen LogP contribution is 2.19. The van der Waals surface area contributed by atoms with Crippen molar-refractivity contribution in [3.63, 3.8) is 0 Å². The summed E-state index contributed by atoms with van der Waals surface area (Å²) < 4.78 is 0. The lowest BCUT2D eigenvalue weighted by Crippen LogP contribution is -2.40. The summed E-state index contributed by atoms with van der Waals surface area (Å²) in [6, 6.07) is 9.51. The molecular formula is C18H22N4O3. The Kier molecular flexibility index (Phi) is 6.01. The minimum Gasteiger partial charge on any atom is -0.481 e. The van der Waals surface area contributed by atoms with Gasteiger partial charge in [0, 0.05) is 44.8 Å². The van der Waals surface area contributed by atoms with Crippen LogP contribution in [0.3, 0.4) is 0 Å². The minimum atomic E-state index is -0.828. The number of carbonyl (C=O) groups is 2. The molecule has 0 aromatic heterocycles. The number of hydrogen-bond donors (Lipinski definition) is 2. The summed E-state index contributed by atoms with van der Waals surface area (Å²) in [5.41, 5.74) is 1.83. The van der Waals surface area contributed by atoms with Crippen molar-refractivity contribution < 1.29 is 14.7 Å². The number of carbonyl (C=O) groups excluding carboxylic acids is 1. The number of carboxylic acids is 1. The van der Waals surface area contributed by atoms with Gasteiger partial charge in [0.2, 0.25) is 0 Å². The van der Waals surface area contributed by atoms with Gasteiger partial charge in [0.1, 0.15) is 11.6 Å². The van der Waals surface area contributed by atoms with Gasteiger partial charge in [-0.05, 0) is 37.1 Å². The maximum atomic E-state index is 12.4. The number of piperidine rings is 1. The second kappa shape index (κ2) is 8.20. The van der Waals surface area contributed by atoms with Gasteiger partial charge in [0.25, 0.3) is 5.91 Å². The van der Waals surface area contributed by atoms with Crippen molar-refractivity contribution in [1.29, 1.82) is 5.26 Å². The molecule has 2 rings (SSSR count). The van der Waals surface area contributed by atoms with Crippen molar-refractivity contribution >= 4 is 23.3 Å². The number of nitrogens with one attached hydrogen (secondary N) is 1. The number of anilines is 2. The van der Waals surface area contributed by atoms with E-state index in [-0.39, 0.29) is 11.5 Å². The monoisotopic (exact) mass is 342 g/mol. The fraction of sp³-hybridized carbons (Fsp3) is 0.389. The first kappa shape index (κ1) is 18.3. The fourth-order valence-electron chi connectivity index (χ4n) is 2.65. The Morgan fingerprint density at radius 1 is 1.28 bits per heavy atom. The zero-order valence-corrected chi connectivity index (χ0v) is 14.4. The van der Waals surface area contributed by atoms with E-state index in [0.717, 1.165) is 11.4 Å². The number of hydrogen-bond acceptors (Lipinski definition) is 5. The van der Waals surface area contributed by atoms with Crippen LogP contribution in [0.25, 0.3) is 0 Å². The van der Waals surface area contributed by atoms with Gasteiger partial charge < -0.3 is 20.2 Å². The normalized spacial score (nSPS) is 15.4. The first-order valence-electron chi connectivity index (χ1n) is 8.08. The largest absolute Gasteiger partial charge is 0.481 e. The van der Waals surface area contributed by atoms with Crippen molar-refractivity contribution in [2.75, 3.05) is 37.4 Å². The number of likely N-dealkylation sites (tertiary alicyclic amines) is 1. The SMILES string of the molecule is CN(C)c1ccc(N/C=C(/C#N)C(=O)N2CCC(C(=O)O)CC2)cc1. The van der Waals surface area contributed by atoms with Crippen LogP contribution in [0.4, 0.5) is 11.4 Å². The van der Waals surface area contributed by atoms with Gasteiger partial charge >= 0.3 is 5.97 Å². The van der Waals surface area contributed by atoms with Crippen LogP contribution < -0.4 is 10.2 Å². The number of carboxylic acid groups (broad SMARTS) is 1. The van der Waals surface area contributed by atoms with E-state index in [1.54, 1.807) is 0 Å². The molecule has 25 heavy (non-hydrogen) atoms. The quantitative estimate of drug-likeness (QED) is 0.627. The molecule has 1 aromatic rings.